The standard InChI is InChI=1S/C22H24F2N4O/c1-12-5-17(23)6-13(2)19(12)8-25-20-7-16(22(29)27-10-18(24)11-27)9-28-15(4)14(3)26-21(20)28/h5-7,9,18,25H,8,10-11H2,1-4H3. The van der Waals surface area contributed by atoms with E-state index in [2.05, 4.69) is 10.3 Å². The number of carbonyl (C=O) groups excluding carboxylic acids is 1. The van der Waals surface area contributed by atoms with Gasteiger partial charge in [0, 0.05) is 18.4 Å². The first kappa shape index (κ1) is 19.4. The summed E-state index contributed by atoms with van der Waals surface area (Å²) < 4.78 is 28.7. The number of anilines is 1. The van der Waals surface area contributed by atoms with Crippen molar-refractivity contribution in [3.05, 3.63) is 63.9 Å². The van der Waals surface area contributed by atoms with Crippen molar-refractivity contribution in [1.29, 1.82) is 0 Å². The van der Waals surface area contributed by atoms with Crippen molar-refractivity contribution in [3.8, 4) is 0 Å². The minimum absolute atomic E-state index is 0.134. The topological polar surface area (TPSA) is 49.6 Å². The molecule has 1 fully saturated rings. The van der Waals surface area contributed by atoms with Gasteiger partial charge in [-0.25, -0.2) is 13.8 Å². The van der Waals surface area contributed by atoms with Gasteiger partial charge in [0.15, 0.2) is 5.65 Å². The Labute approximate surface area is 168 Å². The number of nitrogens with one attached hydrogen (secondary N) is 1. The quantitative estimate of drug-likeness (QED) is 0.720. The second kappa shape index (κ2) is 7.13. The minimum Gasteiger partial charge on any atom is -0.378 e. The first-order chi connectivity index (χ1) is 13.7. The van der Waals surface area contributed by atoms with Crippen LogP contribution >= 0.6 is 0 Å². The molecule has 1 saturated heterocycles. The van der Waals surface area contributed by atoms with Crippen LogP contribution in [-0.2, 0) is 6.54 Å². The van der Waals surface area contributed by atoms with Crippen LogP contribution in [0.3, 0.4) is 0 Å². The number of carbonyl (C=O) groups is 1. The van der Waals surface area contributed by atoms with Gasteiger partial charge in [-0.1, -0.05) is 0 Å². The van der Waals surface area contributed by atoms with E-state index >= 15 is 0 Å². The molecule has 0 saturated carbocycles. The highest BCUT2D eigenvalue weighted by Crippen LogP contribution is 2.26. The Morgan fingerprint density at radius 3 is 2.45 bits per heavy atom. The Balaban J connectivity index is 1.71. The van der Waals surface area contributed by atoms with Gasteiger partial charge in [0.2, 0.25) is 0 Å². The van der Waals surface area contributed by atoms with Gasteiger partial charge >= 0.3 is 0 Å². The fourth-order valence-electron chi connectivity index (χ4n) is 3.79. The molecule has 2 aromatic heterocycles. The van der Waals surface area contributed by atoms with Crippen molar-refractivity contribution < 1.29 is 13.6 Å². The third-order valence-corrected chi connectivity index (χ3v) is 5.68. The maximum atomic E-state index is 13.6. The van der Waals surface area contributed by atoms with Crippen LogP contribution in [0.4, 0.5) is 14.5 Å². The van der Waals surface area contributed by atoms with Crippen LogP contribution in [-0.4, -0.2) is 39.5 Å². The summed E-state index contributed by atoms with van der Waals surface area (Å²) in [6, 6.07) is 4.80. The summed E-state index contributed by atoms with van der Waals surface area (Å²) in [7, 11) is 0. The number of likely N-dealkylation sites (tertiary alicyclic amines) is 1. The van der Waals surface area contributed by atoms with Crippen LogP contribution in [0.1, 0.15) is 38.4 Å². The van der Waals surface area contributed by atoms with Gasteiger partial charge in [-0.05, 0) is 62.6 Å². The molecule has 0 atom stereocenters. The molecule has 1 N–H and O–H groups in total. The third-order valence-electron chi connectivity index (χ3n) is 5.68. The number of hydrogen-bond donors (Lipinski definition) is 1. The number of amides is 1. The summed E-state index contributed by atoms with van der Waals surface area (Å²) in [6.45, 7) is 8.37. The van der Waals surface area contributed by atoms with Crippen LogP contribution in [0.5, 0.6) is 0 Å². The summed E-state index contributed by atoms with van der Waals surface area (Å²) in [5.41, 5.74) is 6.48. The van der Waals surface area contributed by atoms with Gasteiger partial charge in [-0.2, -0.15) is 0 Å². The Morgan fingerprint density at radius 2 is 1.83 bits per heavy atom. The molecule has 1 aliphatic rings. The molecule has 1 aliphatic heterocycles. The van der Waals surface area contributed by atoms with Crippen molar-refractivity contribution in [2.45, 2.75) is 40.4 Å². The number of imidazole rings is 1. The molecule has 0 radical (unpaired) electrons. The third kappa shape index (κ3) is 3.45. The van der Waals surface area contributed by atoms with E-state index in [1.54, 1.807) is 12.3 Å². The van der Waals surface area contributed by atoms with Gasteiger partial charge in [0.1, 0.15) is 12.0 Å². The van der Waals surface area contributed by atoms with E-state index in [1.165, 1.54) is 17.0 Å². The van der Waals surface area contributed by atoms with Gasteiger partial charge < -0.3 is 14.6 Å². The van der Waals surface area contributed by atoms with Crippen LogP contribution < -0.4 is 5.32 Å². The van der Waals surface area contributed by atoms with E-state index in [0.29, 0.717) is 17.8 Å². The summed E-state index contributed by atoms with van der Waals surface area (Å²) in [5, 5.41) is 3.37. The fraction of sp³-hybridized carbons (Fsp3) is 0.364. The zero-order chi connectivity index (χ0) is 20.9. The number of nitrogens with zero attached hydrogens (tertiary/aromatic N) is 3. The van der Waals surface area contributed by atoms with Crippen molar-refractivity contribution in [1.82, 2.24) is 14.3 Å². The summed E-state index contributed by atoms with van der Waals surface area (Å²) >= 11 is 0. The van der Waals surface area contributed by atoms with Crippen molar-refractivity contribution in [3.63, 3.8) is 0 Å². The normalized spacial score (nSPS) is 14.3. The van der Waals surface area contributed by atoms with Gasteiger partial charge in [-0.15, -0.1) is 0 Å². The van der Waals surface area contributed by atoms with E-state index in [-0.39, 0.29) is 24.8 Å². The molecule has 5 nitrogen and oxygen atoms in total. The number of pyridine rings is 1. The van der Waals surface area contributed by atoms with E-state index in [4.69, 9.17) is 0 Å². The average molecular weight is 398 g/mol. The molecule has 4 rings (SSSR count). The van der Waals surface area contributed by atoms with Gasteiger partial charge in [-0.3, -0.25) is 4.79 Å². The Morgan fingerprint density at radius 1 is 1.17 bits per heavy atom. The van der Waals surface area contributed by atoms with Gasteiger partial charge in [0.25, 0.3) is 5.91 Å². The van der Waals surface area contributed by atoms with Crippen molar-refractivity contribution >= 4 is 17.2 Å². The molecule has 7 heteroatoms. The first-order valence-corrected chi connectivity index (χ1v) is 9.66. The smallest absolute Gasteiger partial charge is 0.255 e. The molecule has 0 aliphatic carbocycles. The lowest BCUT2D eigenvalue weighted by Crippen LogP contribution is -2.51. The van der Waals surface area contributed by atoms with Crippen molar-refractivity contribution in [2.75, 3.05) is 18.4 Å². The van der Waals surface area contributed by atoms with E-state index in [9.17, 15) is 13.6 Å². The average Bonchev–Trinajstić information content (AvgIpc) is 2.92. The number of fused-ring (bicyclic) bond motifs is 1. The molecule has 0 spiro atoms. The number of benzene rings is 1. The highest BCUT2D eigenvalue weighted by molar-refractivity contribution is 5.96. The zero-order valence-corrected chi connectivity index (χ0v) is 17.0. The van der Waals surface area contributed by atoms with Crippen LogP contribution in [0.25, 0.3) is 5.65 Å². The number of hydrogen-bond acceptors (Lipinski definition) is 3. The van der Waals surface area contributed by atoms with Gasteiger partial charge in [0.05, 0.1) is 30.0 Å². The molecule has 0 bridgehead atoms. The first-order valence-electron chi connectivity index (χ1n) is 9.66. The van der Waals surface area contributed by atoms with E-state index < -0.39 is 6.17 Å². The van der Waals surface area contributed by atoms with Crippen LogP contribution in [0, 0.1) is 33.5 Å². The molecular formula is C22H24F2N4O. The number of rotatable bonds is 4. The monoisotopic (exact) mass is 398 g/mol. The molecular weight excluding hydrogens is 374 g/mol. The van der Waals surface area contributed by atoms with E-state index in [0.717, 1.165) is 33.7 Å². The molecule has 152 valence electrons. The molecule has 29 heavy (non-hydrogen) atoms. The highest BCUT2D eigenvalue weighted by Gasteiger charge is 2.31. The summed E-state index contributed by atoms with van der Waals surface area (Å²) in [6.07, 6.45) is 0.819. The largest absolute Gasteiger partial charge is 0.378 e. The predicted octanol–water partition coefficient (Wildman–Crippen LogP) is 4.11. The van der Waals surface area contributed by atoms with Crippen molar-refractivity contribution in [2.24, 2.45) is 0 Å². The second-order valence-electron chi connectivity index (χ2n) is 7.80. The van der Waals surface area contributed by atoms with E-state index in [1.807, 2.05) is 32.1 Å². The molecule has 3 heterocycles. The lowest BCUT2D eigenvalue weighted by atomic mass is 10.0. The number of alkyl halides is 1. The molecule has 0 unspecified atom stereocenters. The summed E-state index contributed by atoms with van der Waals surface area (Å²) in [4.78, 5) is 18.9. The number of halogens is 2. The number of aromatic nitrogens is 2. The zero-order valence-electron chi connectivity index (χ0n) is 17.0. The van der Waals surface area contributed by atoms with Crippen LogP contribution in [0.2, 0.25) is 0 Å². The minimum atomic E-state index is -0.943. The SMILES string of the molecule is Cc1cc(F)cc(C)c1CNc1cc(C(=O)N2CC(F)C2)cn2c(C)c(C)nc12. The van der Waals surface area contributed by atoms with Crippen LogP contribution in [0.15, 0.2) is 24.4 Å². The molecule has 1 amide bonds. The fourth-order valence-corrected chi connectivity index (χ4v) is 3.79. The Hall–Kier alpha value is -2.96. The Bertz CT molecular complexity index is 1090. The molecule has 3 aromatic rings. The number of aryl methyl sites for hydroxylation is 4. The predicted molar refractivity (Wildman–Crippen MR) is 109 cm³/mol. The summed E-state index contributed by atoms with van der Waals surface area (Å²) in [5.74, 6) is -0.442. The lowest BCUT2D eigenvalue weighted by molar-refractivity contribution is 0.0400. The Kier molecular flexibility index (Phi) is 4.76. The maximum Gasteiger partial charge on any atom is 0.255 e. The second-order valence-corrected chi connectivity index (χ2v) is 7.80. The molecule has 1 aromatic carbocycles. The maximum absolute atomic E-state index is 13.6. The highest BCUT2D eigenvalue weighted by atomic mass is 19.1. The lowest BCUT2D eigenvalue weighted by Gasteiger charge is -2.34.